The summed E-state index contributed by atoms with van der Waals surface area (Å²) < 4.78 is 43.1. The van der Waals surface area contributed by atoms with Crippen molar-refractivity contribution in [2.75, 3.05) is 7.11 Å². The monoisotopic (exact) mass is 359 g/mol. The maximum Gasteiger partial charge on any atom is 0.263 e. The van der Waals surface area contributed by atoms with Gasteiger partial charge in [-0.25, -0.2) is 18.6 Å². The van der Waals surface area contributed by atoms with E-state index in [4.69, 9.17) is 23.4 Å². The van der Waals surface area contributed by atoms with Gasteiger partial charge in [0.15, 0.2) is 5.54 Å². The third kappa shape index (κ3) is 4.41. The van der Waals surface area contributed by atoms with Crippen LogP contribution in [0.1, 0.15) is 32.2 Å². The number of allylic oxidation sites excluding steroid dienone is 1. The number of aromatic nitrogens is 1. The lowest BCUT2D eigenvalue weighted by atomic mass is 9.92. The van der Waals surface area contributed by atoms with E-state index in [2.05, 4.69) is 43.5 Å². The second-order valence-electron chi connectivity index (χ2n) is 5.97. The fourth-order valence-corrected chi connectivity index (χ4v) is 4.22. The van der Waals surface area contributed by atoms with Gasteiger partial charge >= 0.3 is 0 Å². The molecule has 0 saturated heterocycles. The fourth-order valence-electron chi connectivity index (χ4n) is 2.90. The molecule has 0 spiro atoms. The van der Waals surface area contributed by atoms with Crippen LogP contribution >= 0.6 is 11.3 Å². The minimum absolute atomic E-state index is 0.138. The molecule has 1 aromatic heterocycles. The van der Waals surface area contributed by atoms with Gasteiger partial charge in [0.25, 0.3) is 5.01 Å². The van der Waals surface area contributed by atoms with Gasteiger partial charge in [-0.1, -0.05) is 16.9 Å². The average Bonchev–Trinajstić information content (AvgIpc) is 2.72. The van der Waals surface area contributed by atoms with Crippen molar-refractivity contribution in [3.63, 3.8) is 0 Å². The lowest BCUT2D eigenvalue weighted by Gasteiger charge is -2.23. The van der Waals surface area contributed by atoms with E-state index >= 15 is 0 Å². The number of halogens is 1. The van der Waals surface area contributed by atoms with E-state index in [1.165, 1.54) is 20.8 Å². The third-order valence-electron chi connectivity index (χ3n) is 3.53. The second kappa shape index (κ2) is 6.35. The Morgan fingerprint density at radius 2 is 1.83 bits per heavy atom. The van der Waals surface area contributed by atoms with E-state index in [0.29, 0.717) is 0 Å². The molecule has 0 unspecified atom stereocenters. The molecule has 6 nitrogen and oxygen atoms in total. The van der Waals surface area contributed by atoms with Crippen molar-refractivity contribution < 1.29 is 38.2 Å². The summed E-state index contributed by atoms with van der Waals surface area (Å²) in [6.07, 6.45) is 3.41. The van der Waals surface area contributed by atoms with Crippen LogP contribution in [0.15, 0.2) is 23.8 Å². The highest BCUT2D eigenvalue weighted by molar-refractivity contribution is 7.18. The smallest absolute Gasteiger partial charge is 0.263 e. The van der Waals surface area contributed by atoms with Gasteiger partial charge in [0.1, 0.15) is 10.4 Å². The maximum atomic E-state index is 8.49. The van der Waals surface area contributed by atoms with Crippen LogP contribution in [0.4, 0.5) is 0 Å². The zero-order valence-electron chi connectivity index (χ0n) is 13.3. The molecule has 8 heteroatoms. The van der Waals surface area contributed by atoms with Crippen LogP contribution in [0.5, 0.6) is 5.75 Å². The van der Waals surface area contributed by atoms with E-state index in [-0.39, 0.29) is 5.54 Å². The Morgan fingerprint density at radius 1 is 1.22 bits per heavy atom. The fraction of sp³-hybridized carbons (Fsp3) is 0.400. The molecule has 1 aromatic carbocycles. The molecule has 23 heavy (non-hydrogen) atoms. The molecule has 0 atom stereocenters. The first-order valence-electron chi connectivity index (χ1n) is 6.83. The van der Waals surface area contributed by atoms with Crippen LogP contribution in [0.2, 0.25) is 0 Å². The number of ether oxygens (including phenoxy) is 1. The van der Waals surface area contributed by atoms with E-state index in [0.717, 1.165) is 12.2 Å². The van der Waals surface area contributed by atoms with Gasteiger partial charge in [0.05, 0.1) is 13.2 Å². The standard InChI is InChI=1S/C15H18NOS.ClHO4/c1-10-7-14-16(15(2,3)9-10)12-8-11(17-4)5-6-13(12)18-14;2-1(3,4)5/h5-8H,9H2,1-4H3;(H,2,3,4,5)/q+1;/p-1. The number of hydrogen-bond donors (Lipinski definition) is 0. The summed E-state index contributed by atoms with van der Waals surface area (Å²) in [4.78, 5) is 0. The maximum absolute atomic E-state index is 8.49. The highest BCUT2D eigenvalue weighted by Gasteiger charge is 2.38. The lowest BCUT2D eigenvalue weighted by molar-refractivity contribution is -2.00. The zero-order valence-corrected chi connectivity index (χ0v) is 14.9. The summed E-state index contributed by atoms with van der Waals surface area (Å²) in [5.41, 5.74) is 2.88. The van der Waals surface area contributed by atoms with Crippen molar-refractivity contribution in [3.8, 4) is 5.75 Å². The van der Waals surface area contributed by atoms with Gasteiger partial charge in [0.2, 0.25) is 5.52 Å². The molecule has 0 fully saturated rings. The molecule has 0 saturated carbocycles. The van der Waals surface area contributed by atoms with Crippen molar-refractivity contribution in [1.29, 1.82) is 0 Å². The van der Waals surface area contributed by atoms with Crippen LogP contribution in [0, 0.1) is 10.2 Å². The Bertz CT molecular complexity index is 742. The first-order chi connectivity index (χ1) is 10.5. The largest absolute Gasteiger partial charge is 0.497 e. The molecular weight excluding hydrogens is 342 g/mol. The normalized spacial score (nSPS) is 16.3. The molecule has 0 N–H and O–H groups in total. The number of rotatable bonds is 1. The third-order valence-corrected chi connectivity index (χ3v) is 4.60. The first kappa shape index (κ1) is 18.1. The SMILES string of the molecule is COc1ccc2sc3[n+](c2c1)C(C)(C)CC(C)=C3.[O-][Cl+3]([O-])([O-])[O-]. The van der Waals surface area contributed by atoms with Crippen molar-refractivity contribution >= 4 is 27.6 Å². The number of hydrogen-bond acceptors (Lipinski definition) is 6. The minimum Gasteiger partial charge on any atom is -0.497 e. The Morgan fingerprint density at radius 3 is 2.39 bits per heavy atom. The average molecular weight is 360 g/mol. The number of methoxy groups -OCH3 is 1. The molecule has 2 heterocycles. The molecule has 0 radical (unpaired) electrons. The summed E-state index contributed by atoms with van der Waals surface area (Å²) >= 11 is 1.86. The predicted molar refractivity (Wildman–Crippen MR) is 76.2 cm³/mol. The molecule has 0 amide bonds. The van der Waals surface area contributed by atoms with E-state index in [9.17, 15) is 0 Å². The van der Waals surface area contributed by atoms with Crippen LogP contribution in [-0.4, -0.2) is 7.11 Å². The van der Waals surface area contributed by atoms with E-state index < -0.39 is 10.2 Å². The molecule has 126 valence electrons. The van der Waals surface area contributed by atoms with Gasteiger partial charge in [-0.05, 0) is 19.1 Å². The van der Waals surface area contributed by atoms with Crippen molar-refractivity contribution in [3.05, 3.63) is 28.8 Å². The van der Waals surface area contributed by atoms with Crippen LogP contribution in [0.25, 0.3) is 16.3 Å². The Hall–Kier alpha value is -1.22. The van der Waals surface area contributed by atoms with Crippen molar-refractivity contribution in [2.45, 2.75) is 32.7 Å². The van der Waals surface area contributed by atoms with Crippen molar-refractivity contribution in [1.82, 2.24) is 0 Å². The Balaban J connectivity index is 0.000000338. The van der Waals surface area contributed by atoms with E-state index in [1.807, 2.05) is 17.4 Å². The molecule has 3 rings (SSSR count). The quantitative estimate of drug-likeness (QED) is 0.606. The number of fused-ring (bicyclic) bond motifs is 3. The molecule has 0 aliphatic carbocycles. The van der Waals surface area contributed by atoms with Gasteiger partial charge in [0, 0.05) is 26.3 Å². The van der Waals surface area contributed by atoms with Crippen molar-refractivity contribution in [2.24, 2.45) is 0 Å². The van der Waals surface area contributed by atoms with Crippen LogP contribution in [-0.2, 0) is 5.54 Å². The zero-order chi connectivity index (χ0) is 17.4. The number of nitrogens with zero attached hydrogens (tertiary/aromatic N) is 1. The number of benzene rings is 1. The predicted octanol–water partition coefficient (Wildman–Crippen LogP) is -1.02. The highest BCUT2D eigenvalue weighted by atomic mass is 35.7. The summed E-state index contributed by atoms with van der Waals surface area (Å²) in [5, 5.41) is 1.34. The minimum atomic E-state index is -4.94. The van der Waals surface area contributed by atoms with Gasteiger partial charge in [-0.3, -0.25) is 0 Å². The Kier molecular flexibility index (Phi) is 5.00. The summed E-state index contributed by atoms with van der Waals surface area (Å²) in [7, 11) is -3.22. The molecule has 1 aliphatic heterocycles. The summed E-state index contributed by atoms with van der Waals surface area (Å²) in [6.45, 7) is 6.83. The van der Waals surface area contributed by atoms with Gasteiger partial charge in [-0.15, -0.1) is 10.2 Å². The Labute approximate surface area is 140 Å². The molecule has 0 bridgehead atoms. The first-order valence-corrected chi connectivity index (χ1v) is 8.88. The van der Waals surface area contributed by atoms with Crippen LogP contribution in [0.3, 0.4) is 0 Å². The number of thiazole rings is 1. The summed E-state index contributed by atoms with van der Waals surface area (Å²) in [6, 6.07) is 6.34. The van der Waals surface area contributed by atoms with Crippen LogP contribution < -0.4 is 27.9 Å². The van der Waals surface area contributed by atoms with Gasteiger partial charge < -0.3 is 4.74 Å². The van der Waals surface area contributed by atoms with E-state index in [1.54, 1.807) is 7.11 Å². The second-order valence-corrected chi connectivity index (χ2v) is 7.79. The molecular formula is C15H18ClNO5S. The molecule has 1 aliphatic rings. The highest BCUT2D eigenvalue weighted by Crippen LogP contribution is 2.34. The summed E-state index contributed by atoms with van der Waals surface area (Å²) in [5.74, 6) is 0.928. The molecule has 2 aromatic rings. The van der Waals surface area contributed by atoms with Gasteiger partial charge in [-0.2, -0.15) is 4.57 Å². The lowest BCUT2D eigenvalue weighted by Crippen LogP contribution is -2.68. The topological polar surface area (TPSA) is 105 Å².